The molecule has 2 atom stereocenters. The second-order valence-corrected chi connectivity index (χ2v) is 5.01. The predicted molar refractivity (Wildman–Crippen MR) is 71.0 cm³/mol. The Hall–Kier alpha value is -0.820. The van der Waals surface area contributed by atoms with Gasteiger partial charge in [0.2, 0.25) is 0 Å². The van der Waals surface area contributed by atoms with E-state index in [1.165, 1.54) is 11.3 Å². The molecule has 4 nitrogen and oxygen atoms in total. The molecule has 0 amide bonds. The van der Waals surface area contributed by atoms with Gasteiger partial charge in [-0.1, -0.05) is 0 Å². The lowest BCUT2D eigenvalue weighted by Gasteiger charge is -2.12. The molecule has 6 heteroatoms. The molecule has 1 aromatic carbocycles. The van der Waals surface area contributed by atoms with E-state index in [1.807, 2.05) is 18.2 Å². The van der Waals surface area contributed by atoms with Crippen LogP contribution in [0.25, 0.3) is 10.2 Å². The molecule has 0 aliphatic heterocycles. The zero-order valence-corrected chi connectivity index (χ0v) is 10.9. The molecule has 92 valence electrons. The number of thiazole rings is 1. The van der Waals surface area contributed by atoms with Gasteiger partial charge >= 0.3 is 0 Å². The molecule has 1 heterocycles. The zero-order chi connectivity index (χ0) is 12.4. The number of aliphatic hydroxyl groups is 2. The minimum atomic E-state index is -0.990. The Bertz CT molecular complexity index is 514. The molecule has 0 fully saturated rings. The average Bonchev–Trinajstić information content (AvgIpc) is 2.79. The lowest BCUT2D eigenvalue weighted by Crippen LogP contribution is -2.19. The van der Waals surface area contributed by atoms with E-state index in [9.17, 15) is 10.2 Å². The van der Waals surface area contributed by atoms with Crippen LogP contribution in [0.4, 0.5) is 0 Å². The second kappa shape index (κ2) is 5.22. The van der Waals surface area contributed by atoms with Crippen LogP contribution >= 0.6 is 24.0 Å². The number of benzene rings is 1. The third-order valence-electron chi connectivity index (χ3n) is 2.42. The fourth-order valence-corrected chi connectivity index (χ4v) is 2.68. The highest BCUT2D eigenvalue weighted by molar-refractivity contribution is 7.80. The molecule has 2 aromatic rings. The van der Waals surface area contributed by atoms with Crippen LogP contribution in [-0.2, 0) is 0 Å². The summed E-state index contributed by atoms with van der Waals surface area (Å²) in [7, 11) is 1.60. The van der Waals surface area contributed by atoms with Gasteiger partial charge in [-0.3, -0.25) is 0 Å². The van der Waals surface area contributed by atoms with Crippen LogP contribution in [0.5, 0.6) is 5.75 Å². The van der Waals surface area contributed by atoms with Crippen molar-refractivity contribution < 1.29 is 14.9 Å². The van der Waals surface area contributed by atoms with Gasteiger partial charge < -0.3 is 14.9 Å². The van der Waals surface area contributed by atoms with Gasteiger partial charge in [-0.15, -0.1) is 11.3 Å². The molecule has 2 N–H and O–H groups in total. The zero-order valence-electron chi connectivity index (χ0n) is 9.20. The Kier molecular flexibility index (Phi) is 3.88. The maximum absolute atomic E-state index is 9.83. The number of ether oxygens (including phenoxy) is 1. The Morgan fingerprint density at radius 2 is 2.24 bits per heavy atom. The fraction of sp³-hybridized carbons (Fsp3) is 0.364. The largest absolute Gasteiger partial charge is 0.497 e. The highest BCUT2D eigenvalue weighted by atomic mass is 32.1. The number of aliphatic hydroxyl groups excluding tert-OH is 2. The monoisotopic (exact) mass is 271 g/mol. The number of rotatable bonds is 4. The summed E-state index contributed by atoms with van der Waals surface area (Å²) in [5.41, 5.74) is 0.788. The van der Waals surface area contributed by atoms with Gasteiger partial charge in [0.15, 0.2) is 0 Å². The van der Waals surface area contributed by atoms with Gasteiger partial charge in [0, 0.05) is 5.75 Å². The number of fused-ring (bicyclic) bond motifs is 1. The van der Waals surface area contributed by atoms with Crippen molar-refractivity contribution in [2.45, 2.75) is 12.2 Å². The van der Waals surface area contributed by atoms with Crippen LogP contribution in [0.2, 0.25) is 0 Å². The van der Waals surface area contributed by atoms with Crippen molar-refractivity contribution in [1.29, 1.82) is 0 Å². The van der Waals surface area contributed by atoms with Crippen LogP contribution in [0.1, 0.15) is 11.1 Å². The van der Waals surface area contributed by atoms with Gasteiger partial charge in [-0.25, -0.2) is 4.98 Å². The standard InChI is InChI=1S/C11H13NO3S2/c1-15-6-2-3-7-9(4-6)17-11(12-7)10(14)8(13)5-16/h2-4,8,10,13-14,16H,5H2,1H3. The van der Waals surface area contributed by atoms with Crippen molar-refractivity contribution in [3.8, 4) is 5.75 Å². The summed E-state index contributed by atoms with van der Waals surface area (Å²) < 4.78 is 6.04. The number of aromatic nitrogens is 1. The number of hydrogen-bond donors (Lipinski definition) is 3. The minimum Gasteiger partial charge on any atom is -0.497 e. The molecule has 0 saturated heterocycles. The first-order chi connectivity index (χ1) is 8.15. The Labute approximate surface area is 108 Å². The number of thiol groups is 1. The molecule has 0 bridgehead atoms. The van der Waals surface area contributed by atoms with E-state index in [-0.39, 0.29) is 5.75 Å². The van der Waals surface area contributed by atoms with Crippen LogP contribution in [0.3, 0.4) is 0 Å². The van der Waals surface area contributed by atoms with E-state index in [2.05, 4.69) is 17.6 Å². The van der Waals surface area contributed by atoms with Gasteiger partial charge in [0.05, 0.1) is 23.4 Å². The summed E-state index contributed by atoms with van der Waals surface area (Å²) in [6.45, 7) is 0. The van der Waals surface area contributed by atoms with E-state index in [0.717, 1.165) is 16.0 Å². The highest BCUT2D eigenvalue weighted by Gasteiger charge is 2.20. The van der Waals surface area contributed by atoms with Crippen molar-refractivity contribution in [3.63, 3.8) is 0 Å². The maximum atomic E-state index is 9.83. The predicted octanol–water partition coefficient (Wildman–Crippen LogP) is 1.63. The van der Waals surface area contributed by atoms with Gasteiger partial charge in [0.25, 0.3) is 0 Å². The van der Waals surface area contributed by atoms with E-state index in [1.54, 1.807) is 7.11 Å². The minimum absolute atomic E-state index is 0.195. The summed E-state index contributed by atoms with van der Waals surface area (Å²) in [5.74, 6) is 0.942. The topological polar surface area (TPSA) is 62.6 Å². The average molecular weight is 271 g/mol. The third-order valence-corrected chi connectivity index (χ3v) is 3.88. The van der Waals surface area contributed by atoms with E-state index < -0.39 is 12.2 Å². The Morgan fingerprint density at radius 1 is 1.47 bits per heavy atom. The third kappa shape index (κ3) is 2.55. The van der Waals surface area contributed by atoms with Gasteiger partial charge in [-0.2, -0.15) is 12.6 Å². The van der Waals surface area contributed by atoms with E-state index in [0.29, 0.717) is 5.01 Å². The van der Waals surface area contributed by atoms with Crippen LogP contribution in [-0.4, -0.2) is 34.2 Å². The molecule has 1 aromatic heterocycles. The maximum Gasteiger partial charge on any atom is 0.132 e. The highest BCUT2D eigenvalue weighted by Crippen LogP contribution is 2.30. The van der Waals surface area contributed by atoms with Crippen molar-refractivity contribution in [1.82, 2.24) is 4.98 Å². The first kappa shape index (κ1) is 12.6. The van der Waals surface area contributed by atoms with Crippen LogP contribution in [0, 0.1) is 0 Å². The molecule has 2 unspecified atom stereocenters. The summed E-state index contributed by atoms with van der Waals surface area (Å²) >= 11 is 5.29. The molecular formula is C11H13NO3S2. The molecule has 0 aliphatic carbocycles. The lowest BCUT2D eigenvalue weighted by atomic mass is 10.2. The molecule has 0 radical (unpaired) electrons. The second-order valence-electron chi connectivity index (χ2n) is 3.58. The van der Waals surface area contributed by atoms with E-state index in [4.69, 9.17) is 4.74 Å². The lowest BCUT2D eigenvalue weighted by molar-refractivity contribution is 0.0337. The summed E-state index contributed by atoms with van der Waals surface area (Å²) in [6.07, 6.45) is -1.89. The Balaban J connectivity index is 2.37. The molecule has 2 rings (SSSR count). The normalized spacial score (nSPS) is 14.8. The summed E-state index contributed by atoms with van der Waals surface area (Å²) in [5, 5.41) is 19.9. The van der Waals surface area contributed by atoms with Crippen molar-refractivity contribution in [2.75, 3.05) is 12.9 Å². The number of hydrogen-bond acceptors (Lipinski definition) is 6. The molecule has 0 aliphatic rings. The van der Waals surface area contributed by atoms with E-state index >= 15 is 0 Å². The molecule has 0 spiro atoms. The molecule has 0 saturated carbocycles. The smallest absolute Gasteiger partial charge is 0.132 e. The van der Waals surface area contributed by atoms with Crippen LogP contribution in [0.15, 0.2) is 18.2 Å². The van der Waals surface area contributed by atoms with Gasteiger partial charge in [-0.05, 0) is 18.2 Å². The first-order valence-electron chi connectivity index (χ1n) is 5.07. The fourth-order valence-electron chi connectivity index (χ4n) is 1.44. The van der Waals surface area contributed by atoms with Crippen molar-refractivity contribution >= 4 is 34.2 Å². The number of methoxy groups -OCH3 is 1. The Morgan fingerprint density at radius 3 is 2.88 bits per heavy atom. The first-order valence-corrected chi connectivity index (χ1v) is 6.52. The number of nitrogens with zero attached hydrogens (tertiary/aromatic N) is 1. The summed E-state index contributed by atoms with van der Waals surface area (Å²) in [6, 6.07) is 5.50. The van der Waals surface area contributed by atoms with Crippen molar-refractivity contribution in [2.24, 2.45) is 0 Å². The summed E-state index contributed by atoms with van der Waals surface area (Å²) in [4.78, 5) is 4.28. The molecule has 17 heavy (non-hydrogen) atoms. The quantitative estimate of drug-likeness (QED) is 0.740. The molecular weight excluding hydrogens is 258 g/mol. The van der Waals surface area contributed by atoms with Gasteiger partial charge in [0.1, 0.15) is 16.9 Å². The SMILES string of the molecule is COc1ccc2nc(C(O)C(O)CS)sc2c1. The van der Waals surface area contributed by atoms with Crippen LogP contribution < -0.4 is 4.74 Å². The van der Waals surface area contributed by atoms with Crippen molar-refractivity contribution in [3.05, 3.63) is 23.2 Å².